The van der Waals surface area contributed by atoms with E-state index in [1.54, 1.807) is 0 Å². The van der Waals surface area contributed by atoms with E-state index in [-0.39, 0.29) is 11.7 Å². The van der Waals surface area contributed by atoms with E-state index in [0.717, 1.165) is 18.4 Å². The second-order valence-corrected chi connectivity index (χ2v) is 15.2. The van der Waals surface area contributed by atoms with E-state index < -0.39 is 5.92 Å². The average molecular weight is 698 g/mol. The summed E-state index contributed by atoms with van der Waals surface area (Å²) in [4.78, 5) is 17.1. The lowest BCUT2D eigenvalue weighted by Gasteiger charge is -2.17. The third-order valence-electron chi connectivity index (χ3n) is 8.85. The number of nitrogens with one attached hydrogen (secondary N) is 1. The Morgan fingerprint density at radius 1 is 0.875 bits per heavy atom. The zero-order valence-electron chi connectivity index (χ0n) is 29.6. The van der Waals surface area contributed by atoms with E-state index in [2.05, 4.69) is 40.4 Å². The number of esters is 1. The molecule has 1 N–H and O–H groups in total. The van der Waals surface area contributed by atoms with Crippen molar-refractivity contribution in [1.82, 2.24) is 15.2 Å². The highest BCUT2D eigenvalue weighted by atomic mass is 32.2. The van der Waals surface area contributed by atoms with Crippen molar-refractivity contribution in [3.8, 4) is 6.07 Å². The molecule has 0 aliphatic carbocycles. The average Bonchev–Trinajstić information content (AvgIpc) is 3.75. The van der Waals surface area contributed by atoms with Gasteiger partial charge in [0.1, 0.15) is 11.4 Å². The highest BCUT2D eigenvalue weighted by Gasteiger charge is 2.19. The molecule has 48 heavy (non-hydrogen) atoms. The van der Waals surface area contributed by atoms with E-state index >= 15 is 0 Å². The van der Waals surface area contributed by atoms with Gasteiger partial charge in [-0.15, -0.1) is 10.2 Å². The number of thioether (sulfide) groups is 1. The summed E-state index contributed by atoms with van der Waals surface area (Å²) < 4.78 is 12.2. The molecule has 3 rings (SSSR count). The van der Waals surface area contributed by atoms with Gasteiger partial charge in [-0.25, -0.2) is 4.98 Å². The van der Waals surface area contributed by atoms with E-state index in [1.807, 2.05) is 24.3 Å². The first-order valence-electron chi connectivity index (χ1n) is 18.7. The molecule has 2 unspecified atom stereocenters. The molecule has 0 bridgehead atoms. The minimum atomic E-state index is -0.563. The van der Waals surface area contributed by atoms with Gasteiger partial charge >= 0.3 is 5.97 Å². The van der Waals surface area contributed by atoms with Crippen LogP contribution >= 0.6 is 23.1 Å². The number of nitrogens with zero attached hydrogens (tertiary/aromatic N) is 4. The van der Waals surface area contributed by atoms with Crippen LogP contribution in [0.15, 0.2) is 33.0 Å². The molecule has 10 heteroatoms. The number of rotatable bonds is 29. The molecule has 0 saturated heterocycles. The zero-order chi connectivity index (χ0) is 34.1. The van der Waals surface area contributed by atoms with Crippen molar-refractivity contribution in [3.63, 3.8) is 0 Å². The molecule has 2 heterocycles. The Labute approximate surface area is 297 Å². The molecule has 3 aromatic rings. The minimum Gasteiger partial charge on any atom is -0.465 e. The van der Waals surface area contributed by atoms with E-state index in [1.165, 1.54) is 139 Å². The molecule has 0 aliphatic heterocycles. The van der Waals surface area contributed by atoms with Crippen LogP contribution in [0.3, 0.4) is 0 Å². The van der Waals surface area contributed by atoms with Crippen LogP contribution in [-0.4, -0.2) is 40.1 Å². The number of para-hydroxylation sites is 2. The Morgan fingerprint density at radius 2 is 1.46 bits per heavy atom. The number of ether oxygens (including phenoxy) is 1. The van der Waals surface area contributed by atoms with Gasteiger partial charge in [0.15, 0.2) is 9.92 Å². The molecule has 0 fully saturated rings. The molecule has 2 atom stereocenters. The fourth-order valence-corrected chi connectivity index (χ4v) is 7.48. The number of fused-ring (bicyclic) bond motifs is 1. The van der Waals surface area contributed by atoms with Crippen molar-refractivity contribution in [2.45, 2.75) is 153 Å². The van der Waals surface area contributed by atoms with Crippen molar-refractivity contribution in [3.05, 3.63) is 30.2 Å². The molecule has 2 aromatic heterocycles. The molecular weight excluding hydrogens is 639 g/mol. The molecule has 266 valence electrons. The van der Waals surface area contributed by atoms with Gasteiger partial charge in [-0.05, 0) is 30.9 Å². The quantitative estimate of drug-likeness (QED) is 0.0430. The number of nitriles is 1. The topological polar surface area (TPSA) is 114 Å². The fourth-order valence-electron chi connectivity index (χ4n) is 5.93. The number of benzene rings is 1. The molecule has 0 saturated carbocycles. The van der Waals surface area contributed by atoms with Gasteiger partial charge in [0.25, 0.3) is 0 Å². The summed E-state index contributed by atoms with van der Waals surface area (Å²) >= 11 is 2.70. The lowest BCUT2D eigenvalue weighted by Crippen LogP contribution is -2.16. The molecule has 8 nitrogen and oxygen atoms in total. The van der Waals surface area contributed by atoms with Crippen LogP contribution in [0.5, 0.6) is 0 Å². The number of aromatic nitrogens is 3. The maximum atomic E-state index is 12.7. The SMILES string of the molecule is CCCCCCCCCCCCC(CCCCCCCCCC)COC(=O)CSc1nnc(NCC(C#N)c2nc3ccccc3o2)s1. The first-order valence-corrected chi connectivity index (χ1v) is 20.5. The van der Waals surface area contributed by atoms with Crippen molar-refractivity contribution < 1.29 is 13.9 Å². The van der Waals surface area contributed by atoms with Gasteiger partial charge in [0.05, 0.1) is 18.4 Å². The van der Waals surface area contributed by atoms with Crippen molar-refractivity contribution in [2.75, 3.05) is 24.2 Å². The first kappa shape index (κ1) is 39.8. The Morgan fingerprint density at radius 3 is 2.04 bits per heavy atom. The summed E-state index contributed by atoms with van der Waals surface area (Å²) in [5.74, 6) is 0.267. The molecule has 0 spiro atoms. The van der Waals surface area contributed by atoms with Crippen LogP contribution in [0.1, 0.15) is 154 Å². The van der Waals surface area contributed by atoms with Crippen LogP contribution in [0.25, 0.3) is 11.1 Å². The molecular formula is C38H59N5O3S2. The summed E-state index contributed by atoms with van der Waals surface area (Å²) in [6.45, 7) is 5.35. The normalized spacial score (nSPS) is 12.6. The standard InChI is InChI=1S/C38H59N5O3S2/c1-3-5-7-9-11-13-14-16-18-20-24-31(23-19-17-15-12-10-8-6-4-2)29-45-35(44)30-47-38-43-42-37(48-38)40-28-32(27-39)36-41-33-25-21-22-26-34(33)46-36/h21-22,25-26,31-32H,3-20,23-24,28-30H2,1-2H3,(H,40,42). The van der Waals surface area contributed by atoms with Gasteiger partial charge < -0.3 is 14.5 Å². The van der Waals surface area contributed by atoms with Crippen molar-refractivity contribution in [1.29, 1.82) is 5.26 Å². The predicted octanol–water partition coefficient (Wildman–Crippen LogP) is 11.5. The van der Waals surface area contributed by atoms with Crippen LogP contribution in [0, 0.1) is 17.2 Å². The lowest BCUT2D eigenvalue weighted by molar-refractivity contribution is -0.141. The maximum absolute atomic E-state index is 12.7. The number of oxazole rings is 1. The molecule has 1 aromatic carbocycles. The molecule has 0 amide bonds. The maximum Gasteiger partial charge on any atom is 0.316 e. The van der Waals surface area contributed by atoms with Gasteiger partial charge in [-0.2, -0.15) is 5.26 Å². The van der Waals surface area contributed by atoms with Crippen LogP contribution < -0.4 is 5.32 Å². The number of hydrogen-bond donors (Lipinski definition) is 1. The highest BCUT2D eigenvalue weighted by Crippen LogP contribution is 2.28. The largest absolute Gasteiger partial charge is 0.465 e. The van der Waals surface area contributed by atoms with E-state index in [4.69, 9.17) is 9.15 Å². The lowest BCUT2D eigenvalue weighted by atomic mass is 9.94. The summed E-state index contributed by atoms with van der Waals surface area (Å²) in [5.41, 5.74) is 1.39. The number of anilines is 1. The number of hydrogen-bond acceptors (Lipinski definition) is 10. The second kappa shape index (κ2) is 25.3. The molecule has 0 radical (unpaired) electrons. The van der Waals surface area contributed by atoms with E-state index in [0.29, 0.717) is 40.0 Å². The minimum absolute atomic E-state index is 0.200. The Balaban J connectivity index is 1.34. The second-order valence-electron chi connectivity index (χ2n) is 13.0. The summed E-state index contributed by atoms with van der Waals surface area (Å²) in [6.07, 6.45) is 26.2. The smallest absolute Gasteiger partial charge is 0.316 e. The third-order valence-corrected chi connectivity index (χ3v) is 10.8. The highest BCUT2D eigenvalue weighted by molar-refractivity contribution is 8.01. The Hall–Kier alpha value is -2.64. The van der Waals surface area contributed by atoms with E-state index in [9.17, 15) is 10.1 Å². The predicted molar refractivity (Wildman–Crippen MR) is 200 cm³/mol. The third kappa shape index (κ3) is 16.6. The number of unbranched alkanes of at least 4 members (excludes halogenated alkanes) is 16. The number of carbonyl (C=O) groups excluding carboxylic acids is 1. The van der Waals surface area contributed by atoms with Gasteiger partial charge in [0.2, 0.25) is 11.0 Å². The fraction of sp³-hybridized carbons (Fsp3) is 0.711. The van der Waals surface area contributed by atoms with Gasteiger partial charge in [-0.1, -0.05) is 165 Å². The van der Waals surface area contributed by atoms with Gasteiger partial charge in [-0.3, -0.25) is 4.79 Å². The zero-order valence-corrected chi connectivity index (χ0v) is 31.2. The Kier molecular flexibility index (Phi) is 21.0. The summed E-state index contributed by atoms with van der Waals surface area (Å²) in [6, 6.07) is 9.71. The van der Waals surface area contributed by atoms with Crippen molar-refractivity contribution >= 4 is 45.3 Å². The monoisotopic (exact) mass is 697 g/mol. The summed E-state index contributed by atoms with van der Waals surface area (Å²) in [5, 5.41) is 21.8. The van der Waals surface area contributed by atoms with Crippen LogP contribution in [0.4, 0.5) is 5.13 Å². The van der Waals surface area contributed by atoms with Crippen LogP contribution in [0.2, 0.25) is 0 Å². The Bertz CT molecular complexity index is 1270. The first-order chi connectivity index (χ1) is 23.6. The van der Waals surface area contributed by atoms with Crippen LogP contribution in [-0.2, 0) is 9.53 Å². The van der Waals surface area contributed by atoms with Crippen molar-refractivity contribution in [2.24, 2.45) is 5.92 Å². The number of carbonyl (C=O) groups is 1. The molecule has 0 aliphatic rings. The summed E-state index contributed by atoms with van der Waals surface area (Å²) in [7, 11) is 0. The van der Waals surface area contributed by atoms with Gasteiger partial charge in [0, 0.05) is 6.54 Å².